The van der Waals surface area contributed by atoms with Crippen molar-refractivity contribution in [3.63, 3.8) is 0 Å². The highest BCUT2D eigenvalue weighted by Crippen LogP contribution is 2.22. The summed E-state index contributed by atoms with van der Waals surface area (Å²) in [6.45, 7) is 9.96. The number of hydrogen-bond acceptors (Lipinski definition) is 4. The van der Waals surface area contributed by atoms with Crippen LogP contribution in [-0.4, -0.2) is 29.7 Å². The highest BCUT2D eigenvalue weighted by Gasteiger charge is 2.24. The molecule has 0 saturated carbocycles. The predicted octanol–water partition coefficient (Wildman–Crippen LogP) is 2.44. The molecule has 0 radical (unpaired) electrons. The van der Waals surface area contributed by atoms with E-state index in [-0.39, 0.29) is 5.41 Å². The van der Waals surface area contributed by atoms with Crippen LogP contribution in [0.2, 0.25) is 0 Å². The van der Waals surface area contributed by atoms with Crippen molar-refractivity contribution in [2.45, 2.75) is 46.6 Å². The SMILES string of the molecule is CCCNC(Cc1cc(OC)ncn1)C(C)(C)C. The first-order chi connectivity index (χ1) is 8.47. The molecule has 0 aliphatic carbocycles. The zero-order valence-electron chi connectivity index (χ0n) is 12.2. The molecule has 4 nitrogen and oxygen atoms in total. The van der Waals surface area contributed by atoms with Gasteiger partial charge in [-0.1, -0.05) is 27.7 Å². The number of rotatable bonds is 6. The van der Waals surface area contributed by atoms with Crippen LogP contribution in [0.3, 0.4) is 0 Å². The van der Waals surface area contributed by atoms with Crippen LogP contribution >= 0.6 is 0 Å². The number of hydrogen-bond donors (Lipinski definition) is 1. The van der Waals surface area contributed by atoms with Crippen LogP contribution in [0.15, 0.2) is 12.4 Å². The fourth-order valence-corrected chi connectivity index (χ4v) is 1.81. The summed E-state index contributed by atoms with van der Waals surface area (Å²) in [5.41, 5.74) is 1.22. The van der Waals surface area contributed by atoms with E-state index in [0.29, 0.717) is 11.9 Å². The quantitative estimate of drug-likeness (QED) is 0.843. The van der Waals surface area contributed by atoms with Crippen molar-refractivity contribution < 1.29 is 4.74 Å². The number of nitrogens with zero attached hydrogens (tertiary/aromatic N) is 2. The topological polar surface area (TPSA) is 47.0 Å². The Hall–Kier alpha value is -1.16. The van der Waals surface area contributed by atoms with Crippen LogP contribution in [0.1, 0.15) is 39.8 Å². The smallest absolute Gasteiger partial charge is 0.216 e. The Morgan fingerprint density at radius 3 is 2.61 bits per heavy atom. The third kappa shape index (κ3) is 4.61. The van der Waals surface area contributed by atoms with Gasteiger partial charge >= 0.3 is 0 Å². The van der Waals surface area contributed by atoms with Gasteiger partial charge < -0.3 is 10.1 Å². The van der Waals surface area contributed by atoms with E-state index in [1.807, 2.05) is 6.07 Å². The van der Waals surface area contributed by atoms with Crippen LogP contribution in [0, 0.1) is 5.41 Å². The summed E-state index contributed by atoms with van der Waals surface area (Å²) in [5, 5.41) is 3.59. The Bertz CT molecular complexity index is 360. The maximum atomic E-state index is 5.13. The molecule has 1 heterocycles. The Labute approximate surface area is 110 Å². The van der Waals surface area contributed by atoms with Crippen LogP contribution in [-0.2, 0) is 6.42 Å². The van der Waals surface area contributed by atoms with Crippen molar-refractivity contribution in [1.29, 1.82) is 0 Å². The summed E-state index contributed by atoms with van der Waals surface area (Å²) >= 11 is 0. The summed E-state index contributed by atoms with van der Waals surface area (Å²) in [5.74, 6) is 0.628. The van der Waals surface area contributed by atoms with Crippen LogP contribution in [0.4, 0.5) is 0 Å². The molecule has 1 rings (SSSR count). The fourth-order valence-electron chi connectivity index (χ4n) is 1.81. The van der Waals surface area contributed by atoms with Gasteiger partial charge in [-0.2, -0.15) is 0 Å². The van der Waals surface area contributed by atoms with Gasteiger partial charge in [0.1, 0.15) is 6.33 Å². The maximum Gasteiger partial charge on any atom is 0.216 e. The molecule has 1 aromatic rings. The molecule has 1 unspecified atom stereocenters. The fraction of sp³-hybridized carbons (Fsp3) is 0.714. The summed E-state index contributed by atoms with van der Waals surface area (Å²) in [6, 6.07) is 2.31. The van der Waals surface area contributed by atoms with E-state index in [0.717, 1.165) is 25.1 Å². The second-order valence-electron chi connectivity index (χ2n) is 5.63. The van der Waals surface area contributed by atoms with E-state index in [9.17, 15) is 0 Å². The third-order valence-corrected chi connectivity index (χ3v) is 3.01. The first-order valence-electron chi connectivity index (χ1n) is 6.55. The highest BCUT2D eigenvalue weighted by molar-refractivity contribution is 5.14. The van der Waals surface area contributed by atoms with Gasteiger partial charge in [0, 0.05) is 24.2 Å². The zero-order valence-corrected chi connectivity index (χ0v) is 12.2. The van der Waals surface area contributed by atoms with Gasteiger partial charge in [-0.15, -0.1) is 0 Å². The van der Waals surface area contributed by atoms with Crippen LogP contribution < -0.4 is 10.1 Å². The molecule has 1 N–H and O–H groups in total. The van der Waals surface area contributed by atoms with E-state index >= 15 is 0 Å². The standard InChI is InChI=1S/C14H25N3O/c1-6-7-15-12(14(2,3)4)8-11-9-13(18-5)17-10-16-11/h9-10,12,15H,6-8H2,1-5H3. The summed E-state index contributed by atoms with van der Waals surface area (Å²) in [7, 11) is 1.63. The second-order valence-corrected chi connectivity index (χ2v) is 5.63. The molecule has 0 aromatic carbocycles. The average molecular weight is 251 g/mol. The molecule has 0 saturated heterocycles. The molecule has 4 heteroatoms. The first kappa shape index (κ1) is 14.9. The molecule has 18 heavy (non-hydrogen) atoms. The van der Waals surface area contributed by atoms with Crippen LogP contribution in [0.25, 0.3) is 0 Å². The lowest BCUT2D eigenvalue weighted by Gasteiger charge is -2.31. The summed E-state index contributed by atoms with van der Waals surface area (Å²) in [4.78, 5) is 8.35. The number of ether oxygens (including phenoxy) is 1. The Morgan fingerprint density at radius 1 is 1.33 bits per heavy atom. The van der Waals surface area contributed by atoms with Crippen molar-refractivity contribution in [2.24, 2.45) is 5.41 Å². The van der Waals surface area contributed by atoms with Crippen molar-refractivity contribution in [2.75, 3.05) is 13.7 Å². The van der Waals surface area contributed by atoms with Gasteiger partial charge in [0.05, 0.1) is 7.11 Å². The molecule has 0 aliphatic heterocycles. The largest absolute Gasteiger partial charge is 0.481 e. The van der Waals surface area contributed by atoms with Gasteiger partial charge in [0.15, 0.2) is 0 Å². The zero-order chi connectivity index (χ0) is 13.6. The molecule has 1 aromatic heterocycles. The van der Waals surface area contributed by atoms with E-state index in [2.05, 4.69) is 43.0 Å². The summed E-state index contributed by atoms with van der Waals surface area (Å²) in [6.07, 6.45) is 3.59. The van der Waals surface area contributed by atoms with Gasteiger partial charge in [-0.25, -0.2) is 9.97 Å². The minimum absolute atomic E-state index is 0.202. The lowest BCUT2D eigenvalue weighted by molar-refractivity contribution is 0.265. The maximum absolute atomic E-state index is 5.13. The lowest BCUT2D eigenvalue weighted by atomic mass is 9.84. The predicted molar refractivity (Wildman–Crippen MR) is 73.8 cm³/mol. The van der Waals surface area contributed by atoms with E-state index < -0.39 is 0 Å². The molecular formula is C14H25N3O. The molecule has 0 amide bonds. The van der Waals surface area contributed by atoms with E-state index in [4.69, 9.17) is 4.74 Å². The molecule has 102 valence electrons. The number of methoxy groups -OCH3 is 1. The lowest BCUT2D eigenvalue weighted by Crippen LogP contribution is -2.42. The monoisotopic (exact) mass is 251 g/mol. The molecular weight excluding hydrogens is 226 g/mol. The van der Waals surface area contributed by atoms with Gasteiger partial charge in [-0.3, -0.25) is 0 Å². The molecule has 0 fully saturated rings. The van der Waals surface area contributed by atoms with Gasteiger partial charge in [0.25, 0.3) is 0 Å². The third-order valence-electron chi connectivity index (χ3n) is 3.01. The van der Waals surface area contributed by atoms with Gasteiger partial charge in [-0.05, 0) is 18.4 Å². The highest BCUT2D eigenvalue weighted by atomic mass is 16.5. The minimum atomic E-state index is 0.202. The number of aromatic nitrogens is 2. The Kier molecular flexibility index (Phi) is 5.54. The van der Waals surface area contributed by atoms with Crippen molar-refractivity contribution in [1.82, 2.24) is 15.3 Å². The summed E-state index contributed by atoms with van der Waals surface area (Å²) < 4.78 is 5.13. The van der Waals surface area contributed by atoms with Crippen LogP contribution in [0.5, 0.6) is 5.88 Å². The molecule has 0 bridgehead atoms. The van der Waals surface area contributed by atoms with E-state index in [1.54, 1.807) is 13.4 Å². The van der Waals surface area contributed by atoms with Gasteiger partial charge in [0.2, 0.25) is 5.88 Å². The first-order valence-corrected chi connectivity index (χ1v) is 6.55. The van der Waals surface area contributed by atoms with Crippen molar-refractivity contribution in [3.8, 4) is 5.88 Å². The number of nitrogens with one attached hydrogen (secondary N) is 1. The molecule has 0 aliphatic rings. The second kappa shape index (κ2) is 6.69. The molecule has 1 atom stereocenters. The van der Waals surface area contributed by atoms with E-state index in [1.165, 1.54) is 0 Å². The molecule has 0 spiro atoms. The van der Waals surface area contributed by atoms with Crippen molar-refractivity contribution in [3.05, 3.63) is 18.1 Å². The average Bonchev–Trinajstić information content (AvgIpc) is 2.33. The minimum Gasteiger partial charge on any atom is -0.481 e. The normalized spacial score (nSPS) is 13.4. The Morgan fingerprint density at radius 2 is 2.06 bits per heavy atom. The van der Waals surface area contributed by atoms with Crippen molar-refractivity contribution >= 4 is 0 Å². The Balaban J connectivity index is 2.75.